The third kappa shape index (κ3) is 4.65. The number of anilines is 4. The van der Waals surface area contributed by atoms with Crippen LogP contribution in [0.3, 0.4) is 0 Å². The van der Waals surface area contributed by atoms with Crippen LogP contribution < -0.4 is 15.1 Å². The van der Waals surface area contributed by atoms with Gasteiger partial charge < -0.3 is 15.1 Å². The molecule has 1 aromatic heterocycles. The molecular formula is C21H20Cl2N6O2. The highest BCUT2D eigenvalue weighted by Gasteiger charge is 2.29. The predicted octanol–water partition coefficient (Wildman–Crippen LogP) is 5.07. The molecule has 1 fully saturated rings. The van der Waals surface area contributed by atoms with Gasteiger partial charge in [0.25, 0.3) is 0 Å². The van der Waals surface area contributed by atoms with Crippen LogP contribution in [0.5, 0.6) is 0 Å². The Morgan fingerprint density at radius 1 is 1.03 bits per heavy atom. The van der Waals surface area contributed by atoms with Crippen LogP contribution in [0, 0.1) is 17.0 Å². The molecule has 10 heteroatoms. The fourth-order valence-corrected chi connectivity index (χ4v) is 3.88. The number of rotatable bonds is 5. The van der Waals surface area contributed by atoms with Gasteiger partial charge in [-0.15, -0.1) is 0 Å². The molecule has 31 heavy (non-hydrogen) atoms. The van der Waals surface area contributed by atoms with Crippen LogP contribution >= 0.6 is 23.2 Å². The number of nitrogens with one attached hydrogen (secondary N) is 1. The lowest BCUT2D eigenvalue weighted by Gasteiger charge is -2.36. The van der Waals surface area contributed by atoms with Crippen molar-refractivity contribution >= 4 is 51.9 Å². The van der Waals surface area contributed by atoms with E-state index in [1.165, 1.54) is 6.33 Å². The molecule has 1 N–H and O–H groups in total. The van der Waals surface area contributed by atoms with E-state index in [1.807, 2.05) is 42.2 Å². The number of hydrogen-bond donors (Lipinski definition) is 1. The monoisotopic (exact) mass is 458 g/mol. The van der Waals surface area contributed by atoms with E-state index in [1.54, 1.807) is 12.1 Å². The number of halogens is 2. The highest BCUT2D eigenvalue weighted by Crippen LogP contribution is 2.35. The molecule has 8 nitrogen and oxygen atoms in total. The van der Waals surface area contributed by atoms with Gasteiger partial charge in [0.05, 0.1) is 4.92 Å². The van der Waals surface area contributed by atoms with E-state index in [0.29, 0.717) is 47.7 Å². The Morgan fingerprint density at radius 3 is 2.45 bits per heavy atom. The summed E-state index contributed by atoms with van der Waals surface area (Å²) in [6, 6.07) is 13.0. The SMILES string of the molecule is Cc1ccc(Nc2ncnc(N3CCN(c4cccc(Cl)c4)CC3)c2[N+](=O)[O-])cc1Cl. The van der Waals surface area contributed by atoms with Crippen LogP contribution in [0.25, 0.3) is 0 Å². The van der Waals surface area contributed by atoms with Gasteiger partial charge in [-0.3, -0.25) is 10.1 Å². The summed E-state index contributed by atoms with van der Waals surface area (Å²) in [6.45, 7) is 4.44. The zero-order valence-electron chi connectivity index (χ0n) is 16.8. The van der Waals surface area contributed by atoms with Gasteiger partial charge in [0.1, 0.15) is 6.33 Å². The summed E-state index contributed by atoms with van der Waals surface area (Å²) < 4.78 is 0. The largest absolute Gasteiger partial charge is 0.368 e. The van der Waals surface area contributed by atoms with Crippen LogP contribution in [0.1, 0.15) is 5.56 Å². The fraction of sp³-hybridized carbons (Fsp3) is 0.238. The average Bonchev–Trinajstić information content (AvgIpc) is 2.76. The zero-order chi connectivity index (χ0) is 22.0. The van der Waals surface area contributed by atoms with E-state index in [2.05, 4.69) is 20.2 Å². The quantitative estimate of drug-likeness (QED) is 0.421. The minimum atomic E-state index is -0.448. The molecule has 0 unspecified atom stereocenters. The Balaban J connectivity index is 1.57. The fourth-order valence-electron chi connectivity index (χ4n) is 3.52. The molecule has 1 aliphatic heterocycles. The smallest absolute Gasteiger partial charge is 0.353 e. The molecule has 1 aliphatic rings. The molecule has 0 saturated carbocycles. The summed E-state index contributed by atoms with van der Waals surface area (Å²) >= 11 is 12.3. The van der Waals surface area contributed by atoms with E-state index in [0.717, 1.165) is 11.3 Å². The van der Waals surface area contributed by atoms with Crippen LogP contribution in [0.15, 0.2) is 48.8 Å². The Labute approximate surface area is 189 Å². The minimum absolute atomic E-state index is 0.132. The van der Waals surface area contributed by atoms with Gasteiger partial charge in [0, 0.05) is 47.6 Å². The molecule has 4 rings (SSSR count). The summed E-state index contributed by atoms with van der Waals surface area (Å²) in [5.41, 5.74) is 2.41. The van der Waals surface area contributed by atoms with Gasteiger partial charge >= 0.3 is 5.69 Å². The molecule has 0 aliphatic carbocycles. The molecule has 3 aromatic rings. The van der Waals surface area contributed by atoms with Crippen molar-refractivity contribution in [3.05, 3.63) is 74.5 Å². The standard InChI is InChI=1S/C21H20Cl2N6O2/c1-14-5-6-16(12-18(14)23)26-20-19(29(30)31)21(25-13-24-20)28-9-7-27(8-10-28)17-4-2-3-15(22)11-17/h2-6,11-13H,7-10H2,1H3,(H,24,25,26). The second kappa shape index (κ2) is 8.95. The first-order valence-corrected chi connectivity index (χ1v) is 10.5. The summed E-state index contributed by atoms with van der Waals surface area (Å²) in [4.78, 5) is 23.9. The third-order valence-electron chi connectivity index (χ3n) is 5.17. The summed E-state index contributed by atoms with van der Waals surface area (Å²) in [7, 11) is 0. The first-order valence-electron chi connectivity index (χ1n) is 9.70. The maximum atomic E-state index is 11.9. The number of aromatic nitrogens is 2. The third-order valence-corrected chi connectivity index (χ3v) is 5.81. The Bertz CT molecular complexity index is 1120. The van der Waals surface area contributed by atoms with Crippen LogP contribution in [-0.2, 0) is 0 Å². The topological polar surface area (TPSA) is 87.4 Å². The highest BCUT2D eigenvalue weighted by molar-refractivity contribution is 6.31. The summed E-state index contributed by atoms with van der Waals surface area (Å²) in [6.07, 6.45) is 1.34. The van der Waals surface area contributed by atoms with Crippen LogP contribution in [-0.4, -0.2) is 41.1 Å². The molecule has 2 heterocycles. The first-order chi connectivity index (χ1) is 14.9. The van der Waals surface area contributed by atoms with Crippen molar-refractivity contribution in [2.24, 2.45) is 0 Å². The summed E-state index contributed by atoms with van der Waals surface area (Å²) in [5, 5.41) is 16.2. The van der Waals surface area contributed by atoms with Gasteiger partial charge in [-0.2, -0.15) is 0 Å². The van der Waals surface area contributed by atoms with Gasteiger partial charge in [-0.05, 0) is 42.8 Å². The lowest BCUT2D eigenvalue weighted by Crippen LogP contribution is -2.47. The second-order valence-electron chi connectivity index (χ2n) is 7.19. The zero-order valence-corrected chi connectivity index (χ0v) is 18.3. The van der Waals surface area contributed by atoms with Crippen molar-refractivity contribution in [2.75, 3.05) is 41.3 Å². The number of piperazine rings is 1. The number of nitro groups is 1. The highest BCUT2D eigenvalue weighted by atomic mass is 35.5. The molecule has 160 valence electrons. The maximum absolute atomic E-state index is 11.9. The van der Waals surface area contributed by atoms with E-state index in [-0.39, 0.29) is 11.5 Å². The molecule has 0 spiro atoms. The van der Waals surface area contributed by atoms with Crippen LogP contribution in [0.4, 0.5) is 28.7 Å². The average molecular weight is 459 g/mol. The van der Waals surface area contributed by atoms with Crippen molar-refractivity contribution in [1.29, 1.82) is 0 Å². The number of hydrogen-bond acceptors (Lipinski definition) is 7. The van der Waals surface area contributed by atoms with Gasteiger partial charge in [-0.1, -0.05) is 35.3 Å². The molecule has 1 saturated heterocycles. The second-order valence-corrected chi connectivity index (χ2v) is 8.04. The van der Waals surface area contributed by atoms with Crippen molar-refractivity contribution < 1.29 is 4.92 Å². The van der Waals surface area contributed by atoms with E-state index >= 15 is 0 Å². The Morgan fingerprint density at radius 2 is 1.77 bits per heavy atom. The normalized spacial score (nSPS) is 13.9. The van der Waals surface area contributed by atoms with Gasteiger partial charge in [-0.25, -0.2) is 9.97 Å². The van der Waals surface area contributed by atoms with E-state index in [4.69, 9.17) is 23.2 Å². The molecule has 0 bridgehead atoms. The Hall–Kier alpha value is -3.10. The molecule has 0 atom stereocenters. The van der Waals surface area contributed by atoms with Crippen LogP contribution in [0.2, 0.25) is 10.0 Å². The van der Waals surface area contributed by atoms with Gasteiger partial charge in [0.2, 0.25) is 11.6 Å². The molecule has 2 aromatic carbocycles. The van der Waals surface area contributed by atoms with Crippen molar-refractivity contribution in [3.63, 3.8) is 0 Å². The Kier molecular flexibility index (Phi) is 6.11. The lowest BCUT2D eigenvalue weighted by molar-refractivity contribution is -0.383. The van der Waals surface area contributed by atoms with Crippen molar-refractivity contribution in [2.45, 2.75) is 6.92 Å². The predicted molar refractivity (Wildman–Crippen MR) is 124 cm³/mol. The number of aryl methyl sites for hydroxylation is 1. The van der Waals surface area contributed by atoms with E-state index < -0.39 is 4.92 Å². The van der Waals surface area contributed by atoms with Crippen molar-refractivity contribution in [1.82, 2.24) is 9.97 Å². The number of benzene rings is 2. The lowest BCUT2D eigenvalue weighted by atomic mass is 10.2. The molecule has 0 radical (unpaired) electrons. The molecule has 0 amide bonds. The molecular weight excluding hydrogens is 439 g/mol. The van der Waals surface area contributed by atoms with E-state index in [9.17, 15) is 10.1 Å². The summed E-state index contributed by atoms with van der Waals surface area (Å²) in [5.74, 6) is 0.429. The van der Waals surface area contributed by atoms with Gasteiger partial charge in [0.15, 0.2) is 0 Å². The number of nitrogens with zero attached hydrogens (tertiary/aromatic N) is 5. The minimum Gasteiger partial charge on any atom is -0.368 e. The van der Waals surface area contributed by atoms with Crippen molar-refractivity contribution in [3.8, 4) is 0 Å². The maximum Gasteiger partial charge on any atom is 0.353 e. The first kappa shape index (κ1) is 21.1.